The molecule has 0 saturated heterocycles. The van der Waals surface area contributed by atoms with E-state index in [1.807, 2.05) is 0 Å². The van der Waals surface area contributed by atoms with Crippen LogP contribution in [0.2, 0.25) is 0 Å². The van der Waals surface area contributed by atoms with Crippen LogP contribution in [0.5, 0.6) is 0 Å². The van der Waals surface area contributed by atoms with Gasteiger partial charge in [-0.25, -0.2) is 13.6 Å². The number of nitrogens with zero attached hydrogens (tertiary/aromatic N) is 1. The smallest absolute Gasteiger partial charge is 0.412 e. The molecule has 150 valence electrons. The standard InChI is InChI=1S/C21H24F2N2O3/c1-5-17(26)19-16(25-20(27)28-21(2,3)4)11-15(12-24-19)14-8-6-7-13(9-14)10-18(22)23/h6-9,11-12,18H,5,10H2,1-4H3,(H,25,27). The van der Waals surface area contributed by atoms with Crippen LogP contribution in [0.1, 0.15) is 50.2 Å². The predicted octanol–water partition coefficient (Wildman–Crippen LogP) is 5.50. The second kappa shape index (κ2) is 8.91. The van der Waals surface area contributed by atoms with E-state index in [0.717, 1.165) is 0 Å². The fraction of sp³-hybridized carbons (Fsp3) is 0.381. The van der Waals surface area contributed by atoms with Gasteiger partial charge < -0.3 is 4.74 Å². The topological polar surface area (TPSA) is 68.3 Å². The maximum Gasteiger partial charge on any atom is 0.412 e. The number of anilines is 1. The first-order valence-corrected chi connectivity index (χ1v) is 8.99. The van der Waals surface area contributed by atoms with Crippen LogP contribution in [0.25, 0.3) is 11.1 Å². The van der Waals surface area contributed by atoms with Gasteiger partial charge in [0.25, 0.3) is 0 Å². The summed E-state index contributed by atoms with van der Waals surface area (Å²) in [5.74, 6) is -0.232. The molecular weight excluding hydrogens is 366 g/mol. The van der Waals surface area contributed by atoms with E-state index in [1.54, 1.807) is 58.0 Å². The molecule has 0 aliphatic rings. The highest BCUT2D eigenvalue weighted by Crippen LogP contribution is 2.26. The highest BCUT2D eigenvalue weighted by atomic mass is 19.3. The number of nitrogens with one attached hydrogen (secondary N) is 1. The second-order valence-electron chi connectivity index (χ2n) is 7.32. The van der Waals surface area contributed by atoms with Gasteiger partial charge in [-0.05, 0) is 38.0 Å². The molecule has 1 N–H and O–H groups in total. The van der Waals surface area contributed by atoms with Crippen LogP contribution in [-0.4, -0.2) is 28.9 Å². The average Bonchev–Trinajstić information content (AvgIpc) is 2.59. The first-order valence-electron chi connectivity index (χ1n) is 8.99. The normalized spacial score (nSPS) is 11.4. The molecule has 2 aromatic rings. The molecule has 0 aliphatic carbocycles. The zero-order chi connectivity index (χ0) is 20.9. The largest absolute Gasteiger partial charge is 0.444 e. The summed E-state index contributed by atoms with van der Waals surface area (Å²) < 4.78 is 30.6. The Morgan fingerprint density at radius 3 is 2.50 bits per heavy atom. The van der Waals surface area contributed by atoms with Crippen LogP contribution >= 0.6 is 0 Å². The van der Waals surface area contributed by atoms with Gasteiger partial charge in [-0.2, -0.15) is 0 Å². The van der Waals surface area contributed by atoms with Gasteiger partial charge in [0.05, 0.1) is 5.69 Å². The molecule has 1 aromatic carbocycles. The Kier molecular flexibility index (Phi) is 6.83. The van der Waals surface area contributed by atoms with Crippen LogP contribution in [0, 0.1) is 0 Å². The SMILES string of the molecule is CCC(=O)c1ncc(-c2cccc(CC(F)F)c2)cc1NC(=O)OC(C)(C)C. The van der Waals surface area contributed by atoms with Crippen LogP contribution in [0.3, 0.4) is 0 Å². The number of Topliss-reactive ketones (excluding diaryl/α,β-unsaturated/α-hetero) is 1. The first-order chi connectivity index (χ1) is 13.1. The summed E-state index contributed by atoms with van der Waals surface area (Å²) in [6.45, 7) is 6.89. The third-order valence-electron chi connectivity index (χ3n) is 3.76. The molecular formula is C21H24F2N2O3. The van der Waals surface area contributed by atoms with E-state index in [1.165, 1.54) is 6.20 Å². The average molecular weight is 390 g/mol. The third kappa shape index (κ3) is 6.11. The molecule has 0 bridgehead atoms. The Morgan fingerprint density at radius 2 is 1.89 bits per heavy atom. The number of ether oxygens (including phenoxy) is 1. The van der Waals surface area contributed by atoms with Crippen molar-refractivity contribution in [2.75, 3.05) is 5.32 Å². The summed E-state index contributed by atoms with van der Waals surface area (Å²) in [6.07, 6.45) is -1.79. The summed E-state index contributed by atoms with van der Waals surface area (Å²) in [7, 11) is 0. The summed E-state index contributed by atoms with van der Waals surface area (Å²) in [4.78, 5) is 28.5. The van der Waals surface area contributed by atoms with E-state index in [0.29, 0.717) is 16.7 Å². The van der Waals surface area contributed by atoms with Crippen LogP contribution in [0.15, 0.2) is 36.5 Å². The van der Waals surface area contributed by atoms with E-state index in [-0.39, 0.29) is 30.0 Å². The number of amides is 1. The number of ketones is 1. The van der Waals surface area contributed by atoms with Gasteiger partial charge in [0.2, 0.25) is 6.43 Å². The predicted molar refractivity (Wildman–Crippen MR) is 104 cm³/mol. The zero-order valence-electron chi connectivity index (χ0n) is 16.4. The van der Waals surface area contributed by atoms with E-state index >= 15 is 0 Å². The van der Waals surface area contributed by atoms with Gasteiger partial charge in [-0.3, -0.25) is 15.1 Å². The number of halogens is 2. The Bertz CT molecular complexity index is 861. The number of rotatable bonds is 6. The third-order valence-corrected chi connectivity index (χ3v) is 3.76. The number of carbonyl (C=O) groups excluding carboxylic acids is 2. The molecule has 0 radical (unpaired) electrons. The Labute approximate surface area is 163 Å². The van der Waals surface area contributed by atoms with E-state index in [9.17, 15) is 18.4 Å². The fourth-order valence-corrected chi connectivity index (χ4v) is 2.58. The summed E-state index contributed by atoms with van der Waals surface area (Å²) in [6, 6.07) is 8.30. The van der Waals surface area contributed by atoms with Gasteiger partial charge >= 0.3 is 6.09 Å². The lowest BCUT2D eigenvalue weighted by Gasteiger charge is -2.20. The second-order valence-corrected chi connectivity index (χ2v) is 7.32. The van der Waals surface area contributed by atoms with E-state index < -0.39 is 18.1 Å². The van der Waals surface area contributed by atoms with Crippen molar-refractivity contribution in [2.45, 2.75) is 52.6 Å². The number of pyridine rings is 1. The lowest BCUT2D eigenvalue weighted by molar-refractivity contribution is 0.0636. The summed E-state index contributed by atoms with van der Waals surface area (Å²) >= 11 is 0. The highest BCUT2D eigenvalue weighted by Gasteiger charge is 2.20. The molecule has 28 heavy (non-hydrogen) atoms. The Morgan fingerprint density at radius 1 is 1.18 bits per heavy atom. The van der Waals surface area contributed by atoms with Crippen molar-refractivity contribution in [1.82, 2.24) is 4.98 Å². The van der Waals surface area contributed by atoms with Crippen LogP contribution < -0.4 is 5.32 Å². The first kappa shape index (κ1) is 21.5. The highest BCUT2D eigenvalue weighted by molar-refractivity contribution is 6.02. The molecule has 5 nitrogen and oxygen atoms in total. The van der Waals surface area contributed by atoms with Crippen molar-refractivity contribution < 1.29 is 23.1 Å². The molecule has 0 aliphatic heterocycles. The Balaban J connectivity index is 2.40. The number of benzene rings is 1. The molecule has 0 atom stereocenters. The molecule has 0 fully saturated rings. The van der Waals surface area contributed by atoms with Crippen molar-refractivity contribution in [3.8, 4) is 11.1 Å². The minimum Gasteiger partial charge on any atom is -0.444 e. The summed E-state index contributed by atoms with van der Waals surface area (Å²) in [5.41, 5.74) is 1.39. The number of carbonyl (C=O) groups is 2. The maximum absolute atomic E-state index is 12.7. The lowest BCUT2D eigenvalue weighted by atomic mass is 10.0. The summed E-state index contributed by atoms with van der Waals surface area (Å²) in [5, 5.41) is 2.57. The zero-order valence-corrected chi connectivity index (χ0v) is 16.4. The van der Waals surface area contributed by atoms with Crippen molar-refractivity contribution >= 4 is 17.6 Å². The van der Waals surface area contributed by atoms with Gasteiger partial charge in [0, 0.05) is 24.6 Å². The van der Waals surface area contributed by atoms with E-state index in [4.69, 9.17) is 4.74 Å². The molecule has 1 amide bonds. The maximum atomic E-state index is 12.7. The lowest BCUT2D eigenvalue weighted by Crippen LogP contribution is -2.28. The van der Waals surface area contributed by atoms with Crippen molar-refractivity contribution in [2.24, 2.45) is 0 Å². The van der Waals surface area contributed by atoms with Crippen LogP contribution in [0.4, 0.5) is 19.3 Å². The molecule has 7 heteroatoms. The molecule has 1 aromatic heterocycles. The van der Waals surface area contributed by atoms with Crippen molar-refractivity contribution in [3.63, 3.8) is 0 Å². The van der Waals surface area contributed by atoms with Crippen LogP contribution in [-0.2, 0) is 11.2 Å². The quantitative estimate of drug-likeness (QED) is 0.662. The monoisotopic (exact) mass is 390 g/mol. The van der Waals surface area contributed by atoms with Gasteiger partial charge in [-0.1, -0.05) is 31.2 Å². The van der Waals surface area contributed by atoms with Crippen molar-refractivity contribution in [3.05, 3.63) is 47.8 Å². The number of hydrogen-bond acceptors (Lipinski definition) is 4. The number of alkyl halides is 2. The Hall–Kier alpha value is -2.83. The fourth-order valence-electron chi connectivity index (χ4n) is 2.58. The molecule has 0 unspecified atom stereocenters. The van der Waals surface area contributed by atoms with Gasteiger partial charge in [-0.15, -0.1) is 0 Å². The number of aromatic nitrogens is 1. The number of hydrogen-bond donors (Lipinski definition) is 1. The van der Waals surface area contributed by atoms with Crippen molar-refractivity contribution in [1.29, 1.82) is 0 Å². The minimum atomic E-state index is -2.44. The minimum absolute atomic E-state index is 0.126. The van der Waals surface area contributed by atoms with Gasteiger partial charge in [0.1, 0.15) is 11.3 Å². The molecule has 2 rings (SSSR count). The van der Waals surface area contributed by atoms with E-state index in [2.05, 4.69) is 10.3 Å². The molecule has 1 heterocycles. The molecule has 0 spiro atoms. The molecule has 0 saturated carbocycles. The van der Waals surface area contributed by atoms with Gasteiger partial charge in [0.15, 0.2) is 5.78 Å².